The van der Waals surface area contributed by atoms with Crippen molar-refractivity contribution in [3.8, 4) is 0 Å². The van der Waals surface area contributed by atoms with Crippen molar-refractivity contribution >= 4 is 17.4 Å². The van der Waals surface area contributed by atoms with Crippen molar-refractivity contribution in [2.24, 2.45) is 16.8 Å². The van der Waals surface area contributed by atoms with E-state index in [9.17, 15) is 13.6 Å². The summed E-state index contributed by atoms with van der Waals surface area (Å²) in [4.78, 5) is 22.8. The first-order valence-electron chi connectivity index (χ1n) is 8.23. The minimum Gasteiger partial charge on any atom is -0.267 e. The van der Waals surface area contributed by atoms with Gasteiger partial charge in [0.25, 0.3) is 11.7 Å². The van der Waals surface area contributed by atoms with Gasteiger partial charge in [-0.3, -0.25) is 10.1 Å². The highest BCUT2D eigenvalue weighted by Crippen LogP contribution is 2.39. The first-order chi connectivity index (χ1) is 12.6. The van der Waals surface area contributed by atoms with E-state index in [1.165, 1.54) is 6.08 Å². The maximum atomic E-state index is 14.3. The molecule has 26 heavy (non-hydrogen) atoms. The fourth-order valence-electron chi connectivity index (χ4n) is 3.27. The average molecular weight is 354 g/mol. The Morgan fingerprint density at radius 1 is 1.31 bits per heavy atom. The van der Waals surface area contributed by atoms with E-state index in [1.807, 2.05) is 18.2 Å². The van der Waals surface area contributed by atoms with Gasteiger partial charge in [0.1, 0.15) is 17.4 Å². The maximum absolute atomic E-state index is 14.3. The molecule has 3 aliphatic rings. The number of halogens is 2. The molecule has 1 amide bonds. The molecule has 1 aromatic heterocycles. The quantitative estimate of drug-likeness (QED) is 0.890. The number of nitrogens with zero attached hydrogens (tertiary/aromatic N) is 1. The SMILES string of the molecule is O=C(Nc1cc[nH+]c[nH+]1)C1=C2C=CC=CC2C(C2CC=C(F)C=C2F)=N1. The summed E-state index contributed by atoms with van der Waals surface area (Å²) in [7, 11) is 0. The van der Waals surface area contributed by atoms with Crippen LogP contribution in [-0.4, -0.2) is 11.6 Å². The van der Waals surface area contributed by atoms with Crippen LogP contribution >= 0.6 is 0 Å². The Hall–Kier alpha value is -3.22. The fourth-order valence-corrected chi connectivity index (χ4v) is 3.27. The van der Waals surface area contributed by atoms with Crippen molar-refractivity contribution in [1.82, 2.24) is 0 Å². The number of aliphatic imine (C=N–C) groups is 1. The first kappa shape index (κ1) is 16.3. The third-order valence-electron chi connectivity index (χ3n) is 4.49. The molecule has 3 N–H and O–H groups in total. The molecule has 0 saturated carbocycles. The molecule has 7 heteroatoms. The van der Waals surface area contributed by atoms with Crippen LogP contribution in [0.15, 0.2) is 83.0 Å². The minimum atomic E-state index is -0.658. The van der Waals surface area contributed by atoms with Crippen molar-refractivity contribution in [1.29, 1.82) is 0 Å². The summed E-state index contributed by atoms with van der Waals surface area (Å²) in [6.45, 7) is 0. The van der Waals surface area contributed by atoms with Gasteiger partial charge in [0.05, 0.1) is 12.0 Å². The molecule has 0 aromatic carbocycles. The largest absolute Gasteiger partial charge is 0.405 e. The monoisotopic (exact) mass is 354 g/mol. The van der Waals surface area contributed by atoms with Crippen molar-refractivity contribution in [2.45, 2.75) is 6.42 Å². The molecule has 4 rings (SSSR count). The lowest BCUT2D eigenvalue weighted by Gasteiger charge is -2.22. The summed E-state index contributed by atoms with van der Waals surface area (Å²) < 4.78 is 27.6. The Bertz CT molecular complexity index is 942. The van der Waals surface area contributed by atoms with Gasteiger partial charge in [-0.05, 0) is 18.1 Å². The van der Waals surface area contributed by atoms with Crippen LogP contribution in [-0.2, 0) is 4.79 Å². The number of rotatable bonds is 3. The zero-order valence-corrected chi connectivity index (χ0v) is 13.7. The Morgan fingerprint density at radius 3 is 2.96 bits per heavy atom. The molecule has 0 bridgehead atoms. The first-order valence-corrected chi connectivity index (χ1v) is 8.23. The molecule has 2 unspecified atom stereocenters. The topological polar surface area (TPSA) is 69.7 Å². The summed E-state index contributed by atoms with van der Waals surface area (Å²) in [5.74, 6) is -1.98. The van der Waals surface area contributed by atoms with Gasteiger partial charge < -0.3 is 0 Å². The van der Waals surface area contributed by atoms with Crippen LogP contribution in [0.2, 0.25) is 0 Å². The number of hydrogen-bond donors (Lipinski definition) is 1. The van der Waals surface area contributed by atoms with Gasteiger partial charge in [-0.1, -0.05) is 24.3 Å². The standard InChI is InChI=1S/C19H14F2N4O/c20-11-5-6-14(15(21)9-11)17-12-3-1-2-4-13(12)18(25-17)19(26)24-16-7-8-22-10-23-16/h1-5,7-10,12,14H,6H2,(H,22,23,24,26)/p+2. The number of aromatic amines is 2. The fraction of sp³-hybridized carbons (Fsp3) is 0.158. The second-order valence-electron chi connectivity index (χ2n) is 6.13. The predicted molar refractivity (Wildman–Crippen MR) is 90.9 cm³/mol. The second kappa shape index (κ2) is 6.59. The number of carbonyl (C=O) groups excluding carboxylic acids is 1. The third kappa shape index (κ3) is 2.92. The number of fused-ring (bicyclic) bond motifs is 1. The van der Waals surface area contributed by atoms with E-state index in [2.05, 4.69) is 20.3 Å². The van der Waals surface area contributed by atoms with Crippen molar-refractivity contribution in [3.05, 3.63) is 78.0 Å². The second-order valence-corrected chi connectivity index (χ2v) is 6.13. The normalized spacial score (nSPS) is 24.0. The third-order valence-corrected chi connectivity index (χ3v) is 4.49. The molecule has 0 radical (unpaired) electrons. The molecule has 130 valence electrons. The Morgan fingerprint density at radius 2 is 2.19 bits per heavy atom. The van der Waals surface area contributed by atoms with Crippen LogP contribution < -0.4 is 15.3 Å². The lowest BCUT2D eigenvalue weighted by Crippen LogP contribution is -2.23. The molecule has 2 atom stereocenters. The number of anilines is 1. The van der Waals surface area contributed by atoms with Gasteiger partial charge in [0.15, 0.2) is 6.20 Å². The lowest BCUT2D eigenvalue weighted by atomic mass is 9.82. The van der Waals surface area contributed by atoms with E-state index in [0.717, 1.165) is 6.08 Å². The Kier molecular flexibility index (Phi) is 4.12. The van der Waals surface area contributed by atoms with Gasteiger partial charge in [0, 0.05) is 17.7 Å². The number of H-pyrrole nitrogens is 2. The lowest BCUT2D eigenvalue weighted by molar-refractivity contribution is -0.523. The molecule has 2 heterocycles. The predicted octanol–water partition coefficient (Wildman–Crippen LogP) is 2.43. The summed E-state index contributed by atoms with van der Waals surface area (Å²) in [5.41, 5.74) is 1.48. The highest BCUT2D eigenvalue weighted by atomic mass is 19.1. The Balaban J connectivity index is 1.66. The zero-order valence-electron chi connectivity index (χ0n) is 13.7. The van der Waals surface area contributed by atoms with Gasteiger partial charge in [-0.2, -0.15) is 4.98 Å². The molecule has 0 saturated heterocycles. The maximum Gasteiger partial charge on any atom is 0.405 e. The van der Waals surface area contributed by atoms with Crippen molar-refractivity contribution in [3.63, 3.8) is 0 Å². The molecule has 1 aromatic rings. The zero-order chi connectivity index (χ0) is 18.1. The molecule has 2 aliphatic carbocycles. The highest BCUT2D eigenvalue weighted by Gasteiger charge is 2.37. The van der Waals surface area contributed by atoms with Crippen LogP contribution in [0.5, 0.6) is 0 Å². The van der Waals surface area contributed by atoms with Crippen molar-refractivity contribution in [2.75, 3.05) is 5.32 Å². The van der Waals surface area contributed by atoms with Gasteiger partial charge in [-0.15, -0.1) is 4.98 Å². The van der Waals surface area contributed by atoms with E-state index in [4.69, 9.17) is 0 Å². The summed E-state index contributed by atoms with van der Waals surface area (Å²) in [6, 6.07) is 1.67. The minimum absolute atomic E-state index is 0.186. The van der Waals surface area contributed by atoms with E-state index in [-0.39, 0.29) is 23.9 Å². The molecular formula is C19H16F2N4O+2. The van der Waals surface area contributed by atoms with Crippen LogP contribution in [0, 0.1) is 11.8 Å². The Labute approximate surface area is 148 Å². The molecule has 1 aliphatic heterocycles. The van der Waals surface area contributed by atoms with E-state index >= 15 is 0 Å². The van der Waals surface area contributed by atoms with Gasteiger partial charge >= 0.3 is 6.33 Å². The van der Waals surface area contributed by atoms with E-state index in [0.29, 0.717) is 17.1 Å². The molecule has 0 fully saturated rings. The smallest absolute Gasteiger partial charge is 0.267 e. The number of hydrogen-bond acceptors (Lipinski definition) is 2. The summed E-state index contributed by atoms with van der Waals surface area (Å²) >= 11 is 0. The summed E-state index contributed by atoms with van der Waals surface area (Å²) in [5, 5.41) is 2.74. The highest BCUT2D eigenvalue weighted by molar-refractivity contribution is 6.11. The van der Waals surface area contributed by atoms with Crippen molar-refractivity contribution < 1.29 is 23.5 Å². The number of carbonyl (C=O) groups is 1. The molecule has 5 nitrogen and oxygen atoms in total. The van der Waals surface area contributed by atoms with Crippen LogP contribution in [0.4, 0.5) is 14.6 Å². The number of allylic oxidation sites excluding steroid dienone is 9. The van der Waals surface area contributed by atoms with Gasteiger partial charge in [0.2, 0.25) is 0 Å². The molecular weight excluding hydrogens is 338 g/mol. The number of nitrogens with one attached hydrogen (secondary N) is 3. The van der Waals surface area contributed by atoms with E-state index in [1.54, 1.807) is 24.7 Å². The average Bonchev–Trinajstić information content (AvgIpc) is 3.02. The van der Waals surface area contributed by atoms with Crippen LogP contribution in [0.1, 0.15) is 6.42 Å². The van der Waals surface area contributed by atoms with Crippen LogP contribution in [0.3, 0.4) is 0 Å². The van der Waals surface area contributed by atoms with Crippen LogP contribution in [0.25, 0.3) is 0 Å². The van der Waals surface area contributed by atoms with E-state index < -0.39 is 17.6 Å². The molecule has 0 spiro atoms. The number of amides is 1. The van der Waals surface area contributed by atoms with Gasteiger partial charge in [-0.25, -0.2) is 13.8 Å². The summed E-state index contributed by atoms with van der Waals surface area (Å²) in [6.07, 6.45) is 13.0. The number of aromatic nitrogens is 2.